The Hall–Kier alpha value is -0.460. The van der Waals surface area contributed by atoms with Gasteiger partial charge >= 0.3 is 0 Å². The molecule has 0 amide bonds. The van der Waals surface area contributed by atoms with Crippen LogP contribution in [0.25, 0.3) is 0 Å². The Kier molecular flexibility index (Phi) is 10.8. The van der Waals surface area contributed by atoms with Crippen molar-refractivity contribution in [1.29, 1.82) is 0 Å². The van der Waals surface area contributed by atoms with E-state index < -0.39 is 0 Å². The first-order valence-corrected chi connectivity index (χ1v) is 11.5. The highest BCUT2D eigenvalue weighted by molar-refractivity contribution is 14.0. The lowest BCUT2D eigenvalue weighted by molar-refractivity contribution is -0.0334. The van der Waals surface area contributed by atoms with Gasteiger partial charge in [-0.25, -0.2) is 0 Å². The van der Waals surface area contributed by atoms with Gasteiger partial charge in [0.05, 0.1) is 18.8 Å². The number of nitrogens with one attached hydrogen (secondary N) is 2. The van der Waals surface area contributed by atoms with Gasteiger partial charge in [0.2, 0.25) is 0 Å². The quantitative estimate of drug-likeness (QED) is 0.309. The molecule has 2 aliphatic rings. The summed E-state index contributed by atoms with van der Waals surface area (Å²) >= 11 is 1.82. The van der Waals surface area contributed by atoms with Crippen molar-refractivity contribution < 1.29 is 9.47 Å². The largest absolute Gasteiger partial charge is 0.381 e. The molecule has 0 aromatic carbocycles. The van der Waals surface area contributed by atoms with E-state index in [0.717, 1.165) is 64.8 Å². The lowest BCUT2D eigenvalue weighted by Gasteiger charge is -2.43. The molecule has 2 saturated heterocycles. The third-order valence-corrected chi connectivity index (χ3v) is 7.20. The number of morpholine rings is 1. The van der Waals surface area contributed by atoms with Crippen LogP contribution in [-0.4, -0.2) is 94.5 Å². The molecule has 0 aliphatic carbocycles. The van der Waals surface area contributed by atoms with E-state index in [-0.39, 0.29) is 35.6 Å². The molecule has 1 aromatic rings. The smallest absolute Gasteiger partial charge is 0.191 e. The molecular weight excluding hydrogens is 513 g/mol. The van der Waals surface area contributed by atoms with Crippen LogP contribution in [-0.2, 0) is 9.47 Å². The van der Waals surface area contributed by atoms with Gasteiger partial charge in [0.25, 0.3) is 0 Å². The zero-order chi connectivity index (χ0) is 20.7. The third-order valence-electron chi connectivity index (χ3n) is 6.23. The average molecular weight is 552 g/mol. The predicted octanol–water partition coefficient (Wildman–Crippen LogP) is 2.40. The van der Waals surface area contributed by atoms with Gasteiger partial charge < -0.3 is 25.0 Å². The number of nitrogens with zero attached hydrogens (tertiary/aromatic N) is 3. The molecule has 0 bridgehead atoms. The molecule has 9 heteroatoms. The number of rotatable bonds is 7. The van der Waals surface area contributed by atoms with Crippen molar-refractivity contribution in [2.24, 2.45) is 4.99 Å². The molecule has 2 aliphatic heterocycles. The Bertz CT molecular complexity index is 637. The zero-order valence-corrected chi connectivity index (χ0v) is 21.9. The second-order valence-electron chi connectivity index (χ2n) is 8.25. The Morgan fingerprint density at radius 1 is 1.33 bits per heavy atom. The summed E-state index contributed by atoms with van der Waals surface area (Å²) in [6.07, 6.45) is 2.35. The highest BCUT2D eigenvalue weighted by Crippen LogP contribution is 2.27. The lowest BCUT2D eigenvalue weighted by atomic mass is 9.88. The molecule has 2 atom stereocenters. The first-order chi connectivity index (χ1) is 14.0. The van der Waals surface area contributed by atoms with Crippen molar-refractivity contribution in [2.45, 2.75) is 37.5 Å². The number of thiophene rings is 1. The van der Waals surface area contributed by atoms with Gasteiger partial charge in [-0.15, -0.1) is 35.3 Å². The van der Waals surface area contributed by atoms with Crippen molar-refractivity contribution in [3.05, 3.63) is 22.4 Å². The Morgan fingerprint density at radius 3 is 2.70 bits per heavy atom. The van der Waals surface area contributed by atoms with Crippen molar-refractivity contribution in [1.82, 2.24) is 20.4 Å². The highest BCUT2D eigenvalue weighted by atomic mass is 127. The van der Waals surface area contributed by atoms with E-state index in [1.54, 1.807) is 0 Å². The maximum Gasteiger partial charge on any atom is 0.191 e. The van der Waals surface area contributed by atoms with Gasteiger partial charge in [-0.05, 0) is 45.3 Å². The van der Waals surface area contributed by atoms with Crippen LogP contribution in [0.3, 0.4) is 0 Å². The summed E-state index contributed by atoms with van der Waals surface area (Å²) in [4.78, 5) is 10.7. The summed E-state index contributed by atoms with van der Waals surface area (Å²) in [5, 5.41) is 9.31. The SMILES string of the molecule is CN=C(NCC(c1cccs1)N1CCOC(C)C1)NCC1(N(C)C)CCOCC1.I. The maximum atomic E-state index is 5.75. The summed E-state index contributed by atoms with van der Waals surface area (Å²) in [7, 11) is 6.17. The number of aliphatic imine (C=N–C) groups is 1. The molecule has 3 rings (SSSR count). The molecule has 2 unspecified atom stereocenters. The van der Waals surface area contributed by atoms with Crippen molar-refractivity contribution >= 4 is 41.3 Å². The van der Waals surface area contributed by atoms with E-state index in [2.05, 4.69) is 64.0 Å². The van der Waals surface area contributed by atoms with Gasteiger partial charge in [-0.3, -0.25) is 9.89 Å². The van der Waals surface area contributed by atoms with Gasteiger partial charge in [-0.1, -0.05) is 6.07 Å². The van der Waals surface area contributed by atoms with Crippen molar-refractivity contribution in [2.75, 3.05) is 67.1 Å². The fourth-order valence-electron chi connectivity index (χ4n) is 4.21. The fourth-order valence-corrected chi connectivity index (χ4v) is 5.08. The minimum absolute atomic E-state index is 0. The molecule has 30 heavy (non-hydrogen) atoms. The topological polar surface area (TPSA) is 61.4 Å². The molecular formula is C21H38IN5O2S. The van der Waals surface area contributed by atoms with Gasteiger partial charge in [0.15, 0.2) is 5.96 Å². The minimum atomic E-state index is 0. The summed E-state index contributed by atoms with van der Waals surface area (Å²) in [6, 6.07) is 4.69. The first kappa shape index (κ1) is 25.8. The lowest BCUT2D eigenvalue weighted by Crippen LogP contribution is -2.57. The van der Waals surface area contributed by atoms with Crippen LogP contribution in [0.15, 0.2) is 22.5 Å². The van der Waals surface area contributed by atoms with Crippen LogP contribution < -0.4 is 10.6 Å². The number of hydrogen-bond donors (Lipinski definition) is 2. The predicted molar refractivity (Wildman–Crippen MR) is 135 cm³/mol. The van der Waals surface area contributed by atoms with Crippen LogP contribution >= 0.6 is 35.3 Å². The summed E-state index contributed by atoms with van der Waals surface area (Å²) in [5.41, 5.74) is 0.114. The van der Waals surface area contributed by atoms with Gasteiger partial charge in [0, 0.05) is 56.9 Å². The number of halogens is 1. The van der Waals surface area contributed by atoms with Crippen molar-refractivity contribution in [3.8, 4) is 0 Å². The maximum absolute atomic E-state index is 5.75. The number of ether oxygens (including phenoxy) is 2. The van der Waals surface area contributed by atoms with Gasteiger partial charge in [-0.2, -0.15) is 0 Å². The normalized spacial score (nSPS) is 23.6. The minimum Gasteiger partial charge on any atom is -0.381 e. The summed E-state index contributed by atoms with van der Waals surface area (Å²) in [5.74, 6) is 0.862. The number of likely N-dealkylation sites (N-methyl/N-ethyl adjacent to an activating group) is 1. The second-order valence-corrected chi connectivity index (χ2v) is 9.22. The van der Waals surface area contributed by atoms with Crippen LogP contribution in [0, 0.1) is 0 Å². The van der Waals surface area contributed by atoms with Crippen LogP contribution in [0.5, 0.6) is 0 Å². The standard InChI is InChI=1S/C21H37N5O2S.HI/c1-17-15-26(9-12-28-17)18(19-6-5-13-29-19)14-23-20(22-2)24-16-21(25(3)4)7-10-27-11-8-21;/h5-6,13,17-18H,7-12,14-16H2,1-4H3,(H2,22,23,24);1H. The van der Waals surface area contributed by atoms with E-state index >= 15 is 0 Å². The molecule has 7 nitrogen and oxygen atoms in total. The van der Waals surface area contributed by atoms with Crippen LogP contribution in [0.2, 0.25) is 0 Å². The molecule has 0 saturated carbocycles. The average Bonchev–Trinajstić information content (AvgIpc) is 3.25. The first-order valence-electron chi connectivity index (χ1n) is 10.6. The van der Waals surface area contributed by atoms with E-state index in [9.17, 15) is 0 Å². The molecule has 172 valence electrons. The van der Waals surface area contributed by atoms with Crippen molar-refractivity contribution in [3.63, 3.8) is 0 Å². The summed E-state index contributed by atoms with van der Waals surface area (Å²) < 4.78 is 11.3. The number of guanidine groups is 1. The monoisotopic (exact) mass is 551 g/mol. The number of hydrogen-bond acceptors (Lipinski definition) is 6. The zero-order valence-electron chi connectivity index (χ0n) is 18.7. The Labute approximate surface area is 202 Å². The van der Waals surface area contributed by atoms with E-state index in [1.165, 1.54) is 4.88 Å². The van der Waals surface area contributed by atoms with E-state index in [0.29, 0.717) is 6.04 Å². The second kappa shape index (κ2) is 12.5. The molecule has 1 aromatic heterocycles. The molecule has 2 N–H and O–H groups in total. The summed E-state index contributed by atoms with van der Waals surface area (Å²) in [6.45, 7) is 8.20. The molecule has 0 radical (unpaired) electrons. The Balaban J connectivity index is 0.00000320. The molecule has 0 spiro atoms. The van der Waals surface area contributed by atoms with E-state index in [4.69, 9.17) is 9.47 Å². The Morgan fingerprint density at radius 2 is 2.10 bits per heavy atom. The fraction of sp³-hybridized carbons (Fsp3) is 0.762. The third kappa shape index (κ3) is 6.77. The molecule has 3 heterocycles. The highest BCUT2D eigenvalue weighted by Gasteiger charge is 2.35. The van der Waals surface area contributed by atoms with E-state index in [1.807, 2.05) is 18.4 Å². The van der Waals surface area contributed by atoms with Crippen LogP contribution in [0.4, 0.5) is 0 Å². The van der Waals surface area contributed by atoms with Gasteiger partial charge in [0.1, 0.15) is 0 Å². The van der Waals surface area contributed by atoms with Crippen LogP contribution in [0.1, 0.15) is 30.7 Å². The molecule has 2 fully saturated rings.